The normalized spacial score (nSPS) is 14.9. The van der Waals surface area contributed by atoms with Crippen molar-refractivity contribution in [3.8, 4) is 0 Å². The Morgan fingerprint density at radius 3 is 1.26 bits per heavy atom. The molecule has 0 spiro atoms. The first kappa shape index (κ1) is 34.4. The van der Waals surface area contributed by atoms with Crippen LogP contribution in [0.3, 0.4) is 0 Å². The highest BCUT2D eigenvalue weighted by Crippen LogP contribution is 2.48. The molecule has 2 heterocycles. The third-order valence-corrected chi connectivity index (χ3v) is 9.07. The first-order chi connectivity index (χ1) is 24.4. The van der Waals surface area contributed by atoms with Gasteiger partial charge in [-0.05, 0) is 85.6 Å². The molecule has 8 heteroatoms. The molecule has 0 atom stereocenters. The molecule has 0 aromatic heterocycles. The fourth-order valence-corrected chi connectivity index (χ4v) is 6.43. The first-order valence-electron chi connectivity index (χ1n) is 17.6. The predicted octanol–water partition coefficient (Wildman–Crippen LogP) is 9.74. The van der Waals surface area contributed by atoms with Crippen molar-refractivity contribution in [1.29, 1.82) is 0 Å². The van der Waals surface area contributed by atoms with Gasteiger partial charge in [-0.25, -0.2) is 9.59 Å². The van der Waals surface area contributed by atoms with Gasteiger partial charge < -0.3 is 19.3 Å². The number of anilines is 4. The van der Waals surface area contributed by atoms with E-state index in [9.17, 15) is 19.2 Å². The smallest absolute Gasteiger partial charge is 0.338 e. The van der Waals surface area contributed by atoms with E-state index in [0.29, 0.717) is 58.2 Å². The van der Waals surface area contributed by atoms with E-state index >= 15 is 0 Å². The molecule has 0 N–H and O–H groups in total. The van der Waals surface area contributed by atoms with E-state index in [4.69, 9.17) is 9.47 Å². The summed E-state index contributed by atoms with van der Waals surface area (Å²) in [4.78, 5) is 57.7. The van der Waals surface area contributed by atoms with Gasteiger partial charge in [-0.3, -0.25) is 9.59 Å². The van der Waals surface area contributed by atoms with E-state index in [1.807, 2.05) is 24.3 Å². The van der Waals surface area contributed by atoms with Crippen molar-refractivity contribution >= 4 is 46.3 Å². The van der Waals surface area contributed by atoms with Crippen LogP contribution >= 0.6 is 0 Å². The third-order valence-electron chi connectivity index (χ3n) is 9.07. The minimum atomic E-state index is -0.402. The maximum absolute atomic E-state index is 14.3. The number of nitrogens with zero attached hydrogens (tertiary/aromatic N) is 2. The molecule has 0 unspecified atom stereocenters. The van der Waals surface area contributed by atoms with Crippen molar-refractivity contribution in [3.05, 3.63) is 131 Å². The van der Waals surface area contributed by atoms with Crippen molar-refractivity contribution < 1.29 is 28.7 Å². The molecule has 256 valence electrons. The lowest BCUT2D eigenvalue weighted by Crippen LogP contribution is -2.25. The van der Waals surface area contributed by atoms with E-state index < -0.39 is 11.9 Å². The number of rotatable bonds is 14. The fourth-order valence-electron chi connectivity index (χ4n) is 6.43. The van der Waals surface area contributed by atoms with E-state index in [1.165, 1.54) is 0 Å². The molecule has 0 fully saturated rings. The summed E-state index contributed by atoms with van der Waals surface area (Å²) in [5, 5.41) is 0. The Morgan fingerprint density at radius 1 is 0.500 bits per heavy atom. The summed E-state index contributed by atoms with van der Waals surface area (Å²) >= 11 is 0. The number of hydrogen-bond donors (Lipinski definition) is 0. The summed E-state index contributed by atoms with van der Waals surface area (Å²) in [6, 6.07) is 28.3. The molecular weight excluding hydrogens is 628 g/mol. The minimum Gasteiger partial charge on any atom is -0.462 e. The second kappa shape index (κ2) is 15.8. The van der Waals surface area contributed by atoms with Gasteiger partial charge in [0.1, 0.15) is 11.4 Å². The molecule has 0 aliphatic carbocycles. The van der Waals surface area contributed by atoms with Crippen molar-refractivity contribution in [2.75, 3.05) is 23.0 Å². The Kier molecular flexibility index (Phi) is 10.9. The van der Waals surface area contributed by atoms with E-state index in [2.05, 4.69) is 13.8 Å². The molecule has 8 nitrogen and oxygen atoms in total. The average Bonchev–Trinajstić information content (AvgIpc) is 3.61. The van der Waals surface area contributed by atoms with Crippen molar-refractivity contribution in [2.45, 2.75) is 65.2 Å². The number of esters is 2. The van der Waals surface area contributed by atoms with Gasteiger partial charge in [0, 0.05) is 22.5 Å². The Bertz CT molecular complexity index is 1770. The van der Waals surface area contributed by atoms with E-state index in [-0.39, 0.29) is 23.0 Å². The number of Topliss-reactive ketones (excluding diaryl/α,β-unsaturated/α-hetero) is 2. The summed E-state index contributed by atoms with van der Waals surface area (Å²) in [5.41, 5.74) is 4.64. The molecule has 0 radical (unpaired) electrons. The van der Waals surface area contributed by atoms with E-state index in [1.54, 1.807) is 82.6 Å². The number of unbranched alkanes of at least 4 members (excludes halogenated alkanes) is 6. The largest absolute Gasteiger partial charge is 0.462 e. The van der Waals surface area contributed by atoms with Crippen LogP contribution in [-0.2, 0) is 9.47 Å². The second-order valence-corrected chi connectivity index (χ2v) is 12.5. The molecule has 4 aromatic rings. The van der Waals surface area contributed by atoms with Gasteiger partial charge in [-0.15, -0.1) is 0 Å². The minimum absolute atomic E-state index is 0.203. The van der Waals surface area contributed by atoms with E-state index in [0.717, 1.165) is 51.4 Å². The van der Waals surface area contributed by atoms with Gasteiger partial charge in [0.25, 0.3) is 0 Å². The highest BCUT2D eigenvalue weighted by atomic mass is 16.5. The number of ketones is 2. The van der Waals surface area contributed by atoms with Gasteiger partial charge in [0.05, 0.1) is 35.7 Å². The summed E-state index contributed by atoms with van der Waals surface area (Å²) in [6.45, 7) is 5.00. The van der Waals surface area contributed by atoms with Crippen LogP contribution in [0.25, 0.3) is 0 Å². The van der Waals surface area contributed by atoms with Crippen LogP contribution in [0.4, 0.5) is 22.7 Å². The van der Waals surface area contributed by atoms with Crippen molar-refractivity contribution in [3.63, 3.8) is 0 Å². The highest BCUT2D eigenvalue weighted by molar-refractivity contribution is 6.30. The Hall–Kier alpha value is -5.50. The SMILES string of the molecule is CCCCCCOC(=O)c1ccc(N2/C(=C3\C(=O)c4ccccc4N3c3ccc(C(=O)OCCCCCC)cc3)C(=O)c3ccccc32)cc1. The first-order valence-corrected chi connectivity index (χ1v) is 17.6. The Balaban J connectivity index is 1.35. The lowest BCUT2D eigenvalue weighted by molar-refractivity contribution is 0.0488. The van der Waals surface area contributed by atoms with Crippen LogP contribution in [0.5, 0.6) is 0 Å². The number of fused-ring (bicyclic) bond motifs is 2. The standard InChI is InChI=1S/C42H42N2O6/c1-3-5-7-13-27-49-41(47)29-19-23-31(24-20-29)43-35-17-11-9-15-33(35)39(45)37(43)38-40(46)34-16-10-12-18-36(34)44(38)32-25-21-30(22-26-32)42(48)50-28-14-8-6-4-2/h9-12,15-26H,3-8,13-14,27-28H2,1-2H3/b38-37+. The van der Waals surface area contributed by atoms with Crippen LogP contribution in [0.1, 0.15) is 107 Å². The van der Waals surface area contributed by atoms with Gasteiger partial charge in [0.15, 0.2) is 0 Å². The van der Waals surface area contributed by atoms with Crippen molar-refractivity contribution in [1.82, 2.24) is 0 Å². The number of para-hydroxylation sites is 2. The molecule has 50 heavy (non-hydrogen) atoms. The zero-order valence-corrected chi connectivity index (χ0v) is 28.7. The summed E-state index contributed by atoms with van der Waals surface area (Å²) in [7, 11) is 0. The summed E-state index contributed by atoms with van der Waals surface area (Å²) < 4.78 is 11.0. The average molecular weight is 671 g/mol. The Morgan fingerprint density at radius 2 is 0.880 bits per heavy atom. The predicted molar refractivity (Wildman–Crippen MR) is 195 cm³/mol. The van der Waals surface area contributed by atoms with Crippen molar-refractivity contribution in [2.24, 2.45) is 0 Å². The quantitative estimate of drug-likeness (QED) is 0.0744. The molecular formula is C42H42N2O6. The molecule has 2 aliphatic rings. The molecule has 0 saturated carbocycles. The summed E-state index contributed by atoms with van der Waals surface area (Å²) in [6.07, 6.45) is 8.07. The number of hydrogen-bond acceptors (Lipinski definition) is 8. The zero-order chi connectivity index (χ0) is 35.0. The topological polar surface area (TPSA) is 93.2 Å². The zero-order valence-electron chi connectivity index (χ0n) is 28.7. The molecule has 0 amide bonds. The van der Waals surface area contributed by atoms with Crippen LogP contribution < -0.4 is 9.80 Å². The highest BCUT2D eigenvalue weighted by Gasteiger charge is 2.43. The maximum atomic E-state index is 14.3. The van der Waals surface area contributed by atoms with Gasteiger partial charge in [-0.2, -0.15) is 0 Å². The van der Waals surface area contributed by atoms with Gasteiger partial charge in [0.2, 0.25) is 11.6 Å². The number of allylic oxidation sites excluding steroid dienone is 2. The van der Waals surface area contributed by atoms with Crippen LogP contribution in [0.2, 0.25) is 0 Å². The molecule has 4 aromatic carbocycles. The maximum Gasteiger partial charge on any atom is 0.338 e. The van der Waals surface area contributed by atoms with Gasteiger partial charge >= 0.3 is 11.9 Å². The molecule has 2 aliphatic heterocycles. The van der Waals surface area contributed by atoms with Crippen LogP contribution in [-0.4, -0.2) is 36.7 Å². The molecule has 6 rings (SSSR count). The summed E-state index contributed by atoms with van der Waals surface area (Å²) in [5.74, 6) is -1.39. The Labute approximate surface area is 293 Å². The van der Waals surface area contributed by atoms with Crippen LogP contribution in [0.15, 0.2) is 108 Å². The third kappa shape index (κ3) is 6.97. The van der Waals surface area contributed by atoms with Crippen LogP contribution in [0, 0.1) is 0 Å². The van der Waals surface area contributed by atoms with Gasteiger partial charge in [-0.1, -0.05) is 76.6 Å². The molecule has 0 bridgehead atoms. The number of benzene rings is 4. The number of carbonyl (C=O) groups excluding carboxylic acids is 4. The second-order valence-electron chi connectivity index (χ2n) is 12.5. The molecule has 0 saturated heterocycles. The lowest BCUT2D eigenvalue weighted by atomic mass is 10.1. The monoisotopic (exact) mass is 670 g/mol. The lowest BCUT2D eigenvalue weighted by Gasteiger charge is -2.27. The number of carbonyl (C=O) groups is 4. The fraction of sp³-hybridized carbons (Fsp3) is 0.286. The number of ether oxygens (including phenoxy) is 2.